The van der Waals surface area contributed by atoms with Crippen LogP contribution >= 0.6 is 0 Å². The van der Waals surface area contributed by atoms with Crippen LogP contribution in [0.4, 0.5) is 0 Å². The molecule has 2 unspecified atom stereocenters. The molecule has 1 aliphatic heterocycles. The van der Waals surface area contributed by atoms with Crippen LogP contribution in [0.5, 0.6) is 5.88 Å². The highest BCUT2D eigenvalue weighted by Crippen LogP contribution is 2.38. The summed E-state index contributed by atoms with van der Waals surface area (Å²) in [6.07, 6.45) is 0.501. The van der Waals surface area contributed by atoms with Gasteiger partial charge in [-0.1, -0.05) is 43.3 Å². The highest BCUT2D eigenvalue weighted by Gasteiger charge is 2.51. The molecule has 2 heterocycles. The van der Waals surface area contributed by atoms with Crippen molar-refractivity contribution in [3.8, 4) is 5.88 Å². The first-order valence-corrected chi connectivity index (χ1v) is 8.46. The molecule has 0 radical (unpaired) electrons. The molecular weight excluding hydrogens is 318 g/mol. The summed E-state index contributed by atoms with van der Waals surface area (Å²) in [5, 5.41) is 19.8. The largest absolute Gasteiger partial charge is 0.446 e. The molecule has 1 aliphatic rings. The molecular formula is C19H21N3O3. The normalized spacial score (nSPS) is 24.5. The number of nitrogens with one attached hydrogen (secondary N) is 1. The standard InChI is InChI=1S/C19H21N3O3/c1-2-22-11-12-24-18(23)19(22,25-17-9-10-20-21-17)16-8-7-14-5-3-4-6-15(14)13-16/h3-10,13,18,23H,2,11-12H2,1H3,(H,20,21). The van der Waals surface area contributed by atoms with E-state index in [0.717, 1.165) is 16.3 Å². The van der Waals surface area contributed by atoms with E-state index in [-0.39, 0.29) is 0 Å². The number of nitrogens with zero attached hydrogens (tertiary/aromatic N) is 2. The molecule has 1 aromatic heterocycles. The summed E-state index contributed by atoms with van der Waals surface area (Å²) in [5.74, 6) is 0.483. The molecule has 4 rings (SSSR count). The molecule has 1 fully saturated rings. The second kappa shape index (κ2) is 6.48. The van der Waals surface area contributed by atoms with Crippen molar-refractivity contribution >= 4 is 10.8 Å². The summed E-state index contributed by atoms with van der Waals surface area (Å²) in [6.45, 7) is 3.87. The third-order valence-electron chi connectivity index (χ3n) is 4.73. The zero-order chi connectivity index (χ0) is 17.3. The van der Waals surface area contributed by atoms with Crippen LogP contribution in [-0.2, 0) is 10.5 Å². The van der Waals surface area contributed by atoms with Gasteiger partial charge in [-0.25, -0.2) is 5.10 Å². The molecule has 0 bridgehead atoms. The molecule has 25 heavy (non-hydrogen) atoms. The Morgan fingerprint density at radius 3 is 2.88 bits per heavy atom. The predicted octanol–water partition coefficient (Wildman–Crippen LogP) is 2.47. The highest BCUT2D eigenvalue weighted by molar-refractivity contribution is 5.83. The number of aliphatic hydroxyl groups excluding tert-OH is 1. The lowest BCUT2D eigenvalue weighted by Gasteiger charge is -2.48. The van der Waals surface area contributed by atoms with E-state index in [9.17, 15) is 5.11 Å². The Balaban J connectivity index is 1.88. The number of hydrogen-bond donors (Lipinski definition) is 2. The van der Waals surface area contributed by atoms with Gasteiger partial charge in [0.2, 0.25) is 17.9 Å². The first-order valence-electron chi connectivity index (χ1n) is 8.46. The number of morpholine rings is 1. The smallest absolute Gasteiger partial charge is 0.242 e. The average molecular weight is 339 g/mol. The minimum absolute atomic E-state index is 0.455. The molecule has 2 N–H and O–H groups in total. The zero-order valence-electron chi connectivity index (χ0n) is 14.1. The van der Waals surface area contributed by atoms with Gasteiger partial charge in [0, 0.05) is 18.2 Å². The van der Waals surface area contributed by atoms with E-state index in [0.29, 0.717) is 25.6 Å². The number of aromatic amines is 1. The van der Waals surface area contributed by atoms with Crippen LogP contribution in [0.1, 0.15) is 12.5 Å². The van der Waals surface area contributed by atoms with E-state index in [1.807, 2.05) is 37.3 Å². The van der Waals surface area contributed by atoms with Crippen LogP contribution in [0, 0.1) is 0 Å². The maximum atomic E-state index is 10.8. The first kappa shape index (κ1) is 16.1. The van der Waals surface area contributed by atoms with Crippen LogP contribution in [0.3, 0.4) is 0 Å². The lowest BCUT2D eigenvalue weighted by Crippen LogP contribution is -2.63. The van der Waals surface area contributed by atoms with E-state index < -0.39 is 12.0 Å². The van der Waals surface area contributed by atoms with Crippen LogP contribution in [0.2, 0.25) is 0 Å². The van der Waals surface area contributed by atoms with Gasteiger partial charge in [-0.2, -0.15) is 5.10 Å². The van der Waals surface area contributed by atoms with Crippen molar-refractivity contribution < 1.29 is 14.6 Å². The number of ether oxygens (including phenoxy) is 2. The van der Waals surface area contributed by atoms with Gasteiger partial charge in [0.05, 0.1) is 12.8 Å². The van der Waals surface area contributed by atoms with E-state index in [2.05, 4.69) is 27.2 Å². The van der Waals surface area contributed by atoms with Gasteiger partial charge in [0.25, 0.3) is 0 Å². The van der Waals surface area contributed by atoms with E-state index in [4.69, 9.17) is 9.47 Å². The van der Waals surface area contributed by atoms with Gasteiger partial charge in [-0.05, 0) is 23.4 Å². The van der Waals surface area contributed by atoms with Crippen LogP contribution < -0.4 is 4.74 Å². The van der Waals surface area contributed by atoms with Crippen molar-refractivity contribution in [1.82, 2.24) is 15.1 Å². The minimum atomic E-state index is -1.14. The van der Waals surface area contributed by atoms with Crippen molar-refractivity contribution in [3.63, 3.8) is 0 Å². The Labute approximate surface area is 146 Å². The minimum Gasteiger partial charge on any atom is -0.446 e. The molecule has 2 atom stereocenters. The fourth-order valence-corrected chi connectivity index (χ4v) is 3.48. The maximum absolute atomic E-state index is 10.8. The number of aliphatic hydroxyl groups is 1. The summed E-state index contributed by atoms with van der Waals surface area (Å²) in [6, 6.07) is 15.9. The number of hydrogen-bond acceptors (Lipinski definition) is 5. The molecule has 0 spiro atoms. The van der Waals surface area contributed by atoms with Gasteiger partial charge in [0.1, 0.15) is 0 Å². The summed E-state index contributed by atoms with van der Waals surface area (Å²) < 4.78 is 11.9. The molecule has 0 aliphatic carbocycles. The number of fused-ring (bicyclic) bond motifs is 1. The fourth-order valence-electron chi connectivity index (χ4n) is 3.48. The number of aromatic nitrogens is 2. The Morgan fingerprint density at radius 2 is 2.12 bits per heavy atom. The first-order chi connectivity index (χ1) is 12.2. The lowest BCUT2D eigenvalue weighted by atomic mass is 9.95. The third kappa shape index (κ3) is 2.68. The van der Waals surface area contributed by atoms with E-state index in [1.165, 1.54) is 0 Å². The second-order valence-corrected chi connectivity index (χ2v) is 6.08. The molecule has 6 nitrogen and oxygen atoms in total. The highest BCUT2D eigenvalue weighted by atomic mass is 16.7. The van der Waals surface area contributed by atoms with Crippen molar-refractivity contribution in [1.29, 1.82) is 0 Å². The molecule has 130 valence electrons. The Hall–Kier alpha value is -2.41. The van der Waals surface area contributed by atoms with Crippen LogP contribution in [0.25, 0.3) is 10.8 Å². The number of likely N-dealkylation sites (N-methyl/N-ethyl adjacent to an activating group) is 1. The van der Waals surface area contributed by atoms with Gasteiger partial charge in [-0.15, -0.1) is 0 Å². The zero-order valence-corrected chi connectivity index (χ0v) is 14.1. The number of H-pyrrole nitrogens is 1. The SMILES string of the molecule is CCN1CCOC(O)C1(Oc1ccn[nH]1)c1ccc2ccccc2c1. The Bertz CT molecular complexity index is 852. The molecule has 6 heteroatoms. The third-order valence-corrected chi connectivity index (χ3v) is 4.73. The molecule has 0 amide bonds. The second-order valence-electron chi connectivity index (χ2n) is 6.08. The lowest BCUT2D eigenvalue weighted by molar-refractivity contribution is -0.297. The quantitative estimate of drug-likeness (QED) is 0.764. The van der Waals surface area contributed by atoms with E-state index in [1.54, 1.807) is 12.3 Å². The summed E-state index contributed by atoms with van der Waals surface area (Å²) >= 11 is 0. The maximum Gasteiger partial charge on any atom is 0.242 e. The van der Waals surface area contributed by atoms with Gasteiger partial charge in [0.15, 0.2) is 0 Å². The molecule has 3 aromatic rings. The topological polar surface area (TPSA) is 70.6 Å². The number of benzene rings is 2. The van der Waals surface area contributed by atoms with Gasteiger partial charge in [-0.3, -0.25) is 4.90 Å². The van der Waals surface area contributed by atoms with Crippen LogP contribution in [0.15, 0.2) is 54.7 Å². The summed E-state index contributed by atoms with van der Waals surface area (Å²) in [7, 11) is 0. The van der Waals surface area contributed by atoms with Gasteiger partial charge < -0.3 is 14.6 Å². The van der Waals surface area contributed by atoms with Crippen molar-refractivity contribution in [3.05, 3.63) is 60.3 Å². The predicted molar refractivity (Wildman–Crippen MR) is 94.0 cm³/mol. The monoisotopic (exact) mass is 339 g/mol. The van der Waals surface area contributed by atoms with Crippen molar-refractivity contribution in [2.75, 3.05) is 19.7 Å². The fraction of sp³-hybridized carbons (Fsp3) is 0.316. The average Bonchev–Trinajstić information content (AvgIpc) is 3.16. The Kier molecular flexibility index (Phi) is 4.17. The molecule has 2 aromatic carbocycles. The summed E-state index contributed by atoms with van der Waals surface area (Å²) in [5.41, 5.74) is -0.293. The van der Waals surface area contributed by atoms with Crippen molar-refractivity contribution in [2.24, 2.45) is 0 Å². The number of rotatable bonds is 4. The van der Waals surface area contributed by atoms with Gasteiger partial charge >= 0.3 is 0 Å². The van der Waals surface area contributed by atoms with Crippen molar-refractivity contribution in [2.45, 2.75) is 18.9 Å². The molecule has 0 saturated carbocycles. The van der Waals surface area contributed by atoms with Crippen LogP contribution in [-0.4, -0.2) is 46.2 Å². The Morgan fingerprint density at radius 1 is 1.28 bits per heavy atom. The van der Waals surface area contributed by atoms with E-state index >= 15 is 0 Å². The summed E-state index contributed by atoms with van der Waals surface area (Å²) in [4.78, 5) is 2.09. The molecule has 1 saturated heterocycles.